The minimum absolute atomic E-state index is 0.801. The van der Waals surface area contributed by atoms with Gasteiger partial charge in [-0.3, -0.25) is 0 Å². The molecule has 1 aliphatic heterocycles. The maximum absolute atomic E-state index is 7.15. The van der Waals surface area contributed by atoms with E-state index in [-0.39, 0.29) is 0 Å². The van der Waals surface area contributed by atoms with Crippen LogP contribution in [-0.2, 0) is 0 Å². The molecule has 2 heterocycles. The van der Waals surface area contributed by atoms with Gasteiger partial charge in [-0.1, -0.05) is 133 Å². The number of para-hydroxylation sites is 1. The third kappa shape index (κ3) is 5.28. The first-order chi connectivity index (χ1) is 27.2. The predicted octanol–water partition coefficient (Wildman–Crippen LogP) is 15.0. The lowest BCUT2D eigenvalue weighted by atomic mass is 9.90. The largest absolute Gasteiger partial charge is 0.456 e. The van der Waals surface area contributed by atoms with Crippen molar-refractivity contribution in [2.75, 3.05) is 4.90 Å². The second-order valence-corrected chi connectivity index (χ2v) is 14.1. The SMILES string of the molecule is c1ccc(-c2ccc(N(c3ccc4c(c3)Oc3c(ccc5ccccc35)-c3ccc(-c5ccccc5)cc3-4)c3ccc4c(c3)oc3ccccc34)cc2)cc1. The Morgan fingerprint density at radius 3 is 1.73 bits per heavy atom. The quantitative estimate of drug-likeness (QED) is 0.178. The van der Waals surface area contributed by atoms with Gasteiger partial charge in [-0.15, -0.1) is 0 Å². The Morgan fingerprint density at radius 1 is 0.327 bits per heavy atom. The number of ether oxygens (including phenoxy) is 1. The summed E-state index contributed by atoms with van der Waals surface area (Å²) in [5.74, 6) is 1.67. The third-order valence-corrected chi connectivity index (χ3v) is 10.9. The summed E-state index contributed by atoms with van der Waals surface area (Å²) in [6.45, 7) is 0. The van der Waals surface area contributed by atoms with Crippen molar-refractivity contribution in [2.24, 2.45) is 0 Å². The van der Waals surface area contributed by atoms with E-state index in [1.807, 2.05) is 12.1 Å². The molecule has 0 N–H and O–H groups in total. The van der Waals surface area contributed by atoms with Crippen LogP contribution in [-0.4, -0.2) is 0 Å². The fraction of sp³-hybridized carbons (Fsp3) is 0. The molecule has 10 aromatic rings. The van der Waals surface area contributed by atoms with Crippen molar-refractivity contribution in [3.05, 3.63) is 200 Å². The minimum Gasteiger partial charge on any atom is -0.456 e. The topological polar surface area (TPSA) is 25.6 Å². The van der Waals surface area contributed by atoms with Crippen LogP contribution < -0.4 is 9.64 Å². The first-order valence-electron chi connectivity index (χ1n) is 18.7. The van der Waals surface area contributed by atoms with Gasteiger partial charge in [-0.2, -0.15) is 0 Å². The highest BCUT2D eigenvalue weighted by molar-refractivity contribution is 6.06. The van der Waals surface area contributed by atoms with Crippen LogP contribution >= 0.6 is 0 Å². The second kappa shape index (κ2) is 12.6. The Morgan fingerprint density at radius 2 is 0.909 bits per heavy atom. The molecule has 0 unspecified atom stereocenters. The summed E-state index contributed by atoms with van der Waals surface area (Å²) >= 11 is 0. The third-order valence-electron chi connectivity index (χ3n) is 10.9. The van der Waals surface area contributed by atoms with E-state index < -0.39 is 0 Å². The van der Waals surface area contributed by atoms with Crippen molar-refractivity contribution >= 4 is 49.8 Å². The summed E-state index contributed by atoms with van der Waals surface area (Å²) < 4.78 is 13.6. The van der Waals surface area contributed by atoms with E-state index in [9.17, 15) is 0 Å². The molecule has 0 saturated carbocycles. The maximum atomic E-state index is 7.15. The van der Waals surface area contributed by atoms with E-state index in [4.69, 9.17) is 9.15 Å². The molecule has 0 spiro atoms. The standard InChI is InChI=1S/C52H33NO2/c1-3-11-34(12-4-1)36-19-23-39(24-20-36)53(40-25-29-45-44-17-9-10-18-49(44)54-50(45)32-40)41-26-30-46-48-31-38(35-13-5-2-6-14-35)22-27-43(48)47-28-21-37-15-7-8-16-42(37)52(47)55-51(46)33-41/h1-33H. The number of rotatable bonds is 5. The van der Waals surface area contributed by atoms with Gasteiger partial charge < -0.3 is 14.1 Å². The number of fused-ring (bicyclic) bond motifs is 10. The zero-order chi connectivity index (χ0) is 36.3. The molecule has 0 saturated heterocycles. The highest BCUT2D eigenvalue weighted by Gasteiger charge is 2.25. The molecule has 1 aromatic heterocycles. The van der Waals surface area contributed by atoms with Crippen molar-refractivity contribution in [3.63, 3.8) is 0 Å². The van der Waals surface area contributed by atoms with Gasteiger partial charge in [0.15, 0.2) is 0 Å². The number of benzene rings is 9. The predicted molar refractivity (Wildman–Crippen MR) is 228 cm³/mol. The van der Waals surface area contributed by atoms with Crippen LogP contribution in [0.1, 0.15) is 0 Å². The maximum Gasteiger partial charge on any atom is 0.143 e. The molecule has 0 amide bonds. The van der Waals surface area contributed by atoms with Gasteiger partial charge in [0.05, 0.1) is 0 Å². The molecule has 55 heavy (non-hydrogen) atoms. The number of nitrogens with zero attached hydrogens (tertiary/aromatic N) is 1. The highest BCUT2D eigenvalue weighted by atomic mass is 16.5. The van der Waals surface area contributed by atoms with E-state index in [0.717, 1.165) is 94.7 Å². The monoisotopic (exact) mass is 703 g/mol. The van der Waals surface area contributed by atoms with E-state index in [0.29, 0.717) is 0 Å². The van der Waals surface area contributed by atoms with E-state index >= 15 is 0 Å². The second-order valence-electron chi connectivity index (χ2n) is 14.1. The molecule has 0 atom stereocenters. The summed E-state index contributed by atoms with van der Waals surface area (Å²) in [5, 5.41) is 4.43. The number of hydrogen-bond donors (Lipinski definition) is 0. The lowest BCUT2D eigenvalue weighted by molar-refractivity contribution is 0.493. The zero-order valence-corrected chi connectivity index (χ0v) is 29.8. The van der Waals surface area contributed by atoms with Crippen LogP contribution in [0, 0.1) is 0 Å². The highest BCUT2D eigenvalue weighted by Crippen LogP contribution is 2.52. The molecule has 0 aliphatic carbocycles. The average Bonchev–Trinajstić information content (AvgIpc) is 3.56. The van der Waals surface area contributed by atoms with Crippen molar-refractivity contribution in [1.29, 1.82) is 0 Å². The Kier molecular flexibility index (Phi) is 7.17. The van der Waals surface area contributed by atoms with Crippen LogP contribution in [0.3, 0.4) is 0 Å². The molecule has 0 bridgehead atoms. The summed E-state index contributed by atoms with van der Waals surface area (Å²) in [7, 11) is 0. The van der Waals surface area contributed by atoms with Gasteiger partial charge in [0.2, 0.25) is 0 Å². The van der Waals surface area contributed by atoms with Crippen molar-refractivity contribution in [1.82, 2.24) is 0 Å². The molecule has 258 valence electrons. The van der Waals surface area contributed by atoms with E-state index in [1.165, 1.54) is 11.1 Å². The van der Waals surface area contributed by atoms with E-state index in [1.54, 1.807) is 0 Å². The molecule has 3 nitrogen and oxygen atoms in total. The normalized spacial score (nSPS) is 11.8. The molecule has 9 aromatic carbocycles. The summed E-state index contributed by atoms with van der Waals surface area (Å²) in [6, 6.07) is 70.9. The van der Waals surface area contributed by atoms with Gasteiger partial charge in [-0.25, -0.2) is 0 Å². The lowest BCUT2D eigenvalue weighted by Gasteiger charge is -2.26. The Bertz CT molecular complexity index is 3050. The van der Waals surface area contributed by atoms with Gasteiger partial charge in [0, 0.05) is 56.5 Å². The van der Waals surface area contributed by atoms with Crippen molar-refractivity contribution < 1.29 is 9.15 Å². The molecule has 0 fully saturated rings. The molecule has 1 aliphatic rings. The van der Waals surface area contributed by atoms with Crippen LogP contribution in [0.4, 0.5) is 17.1 Å². The lowest BCUT2D eigenvalue weighted by Crippen LogP contribution is -2.10. The Labute approximate surface area is 318 Å². The molecular weight excluding hydrogens is 671 g/mol. The molecule has 3 heteroatoms. The number of hydrogen-bond acceptors (Lipinski definition) is 3. The summed E-state index contributed by atoms with van der Waals surface area (Å²) in [6.07, 6.45) is 0. The van der Waals surface area contributed by atoms with Crippen LogP contribution in [0.2, 0.25) is 0 Å². The first kappa shape index (κ1) is 31.2. The smallest absolute Gasteiger partial charge is 0.143 e. The van der Waals surface area contributed by atoms with Gasteiger partial charge in [-0.05, 0) is 93.4 Å². The molecule has 11 rings (SSSR count). The van der Waals surface area contributed by atoms with Gasteiger partial charge in [0.25, 0.3) is 0 Å². The zero-order valence-electron chi connectivity index (χ0n) is 29.8. The average molecular weight is 704 g/mol. The van der Waals surface area contributed by atoms with Crippen LogP contribution in [0.5, 0.6) is 11.5 Å². The first-order valence-corrected chi connectivity index (χ1v) is 18.7. The Hall–Kier alpha value is -7.36. The minimum atomic E-state index is 0.801. The fourth-order valence-corrected chi connectivity index (χ4v) is 8.18. The Balaban J connectivity index is 1.12. The van der Waals surface area contributed by atoms with Crippen molar-refractivity contribution in [3.8, 4) is 56.0 Å². The fourth-order valence-electron chi connectivity index (χ4n) is 8.18. The van der Waals surface area contributed by atoms with E-state index in [2.05, 4.69) is 193 Å². The van der Waals surface area contributed by atoms with Gasteiger partial charge >= 0.3 is 0 Å². The van der Waals surface area contributed by atoms with Gasteiger partial charge in [0.1, 0.15) is 22.7 Å². The summed E-state index contributed by atoms with van der Waals surface area (Å²) in [5.41, 5.74) is 13.8. The molecular formula is C52H33NO2. The van der Waals surface area contributed by atoms with Crippen LogP contribution in [0.15, 0.2) is 205 Å². The number of anilines is 3. The summed E-state index contributed by atoms with van der Waals surface area (Å²) in [4.78, 5) is 2.29. The molecule has 0 radical (unpaired) electrons. The van der Waals surface area contributed by atoms with Crippen LogP contribution in [0.25, 0.3) is 77.2 Å². The van der Waals surface area contributed by atoms with Crippen molar-refractivity contribution in [2.45, 2.75) is 0 Å². The number of furan rings is 1.